The Bertz CT molecular complexity index is 267. The molecule has 2 N–H and O–H groups in total. The van der Waals surface area contributed by atoms with Gasteiger partial charge in [-0.1, -0.05) is 5.92 Å². The van der Waals surface area contributed by atoms with Gasteiger partial charge < -0.3 is 10.4 Å². The van der Waals surface area contributed by atoms with Crippen LogP contribution in [-0.2, 0) is 9.59 Å². The standard InChI is InChI=1S/C9H13NO3S/c1-3-4-5-14-6-8(9(12)13)10-7(2)11/h8H,5-6H2,1-2H3,(H,10,11)(H,12,13)/t8-/m0/s1. The predicted molar refractivity (Wildman–Crippen MR) is 56.0 cm³/mol. The van der Waals surface area contributed by atoms with E-state index in [2.05, 4.69) is 17.2 Å². The quantitative estimate of drug-likeness (QED) is 0.512. The van der Waals surface area contributed by atoms with Crippen LogP contribution in [0.2, 0.25) is 0 Å². The molecule has 0 aliphatic carbocycles. The van der Waals surface area contributed by atoms with Gasteiger partial charge in [-0.05, 0) is 6.92 Å². The summed E-state index contributed by atoms with van der Waals surface area (Å²) >= 11 is 1.39. The van der Waals surface area contributed by atoms with Gasteiger partial charge in [0.25, 0.3) is 0 Å². The molecule has 0 rings (SSSR count). The van der Waals surface area contributed by atoms with Crippen LogP contribution in [0.3, 0.4) is 0 Å². The summed E-state index contributed by atoms with van der Waals surface area (Å²) in [5.74, 6) is 5.08. The van der Waals surface area contributed by atoms with Gasteiger partial charge in [0.2, 0.25) is 5.91 Å². The van der Waals surface area contributed by atoms with Crippen molar-refractivity contribution < 1.29 is 14.7 Å². The van der Waals surface area contributed by atoms with E-state index in [0.717, 1.165) is 0 Å². The first-order valence-corrected chi connectivity index (χ1v) is 5.20. The molecule has 0 aliphatic rings. The van der Waals surface area contributed by atoms with Crippen molar-refractivity contribution in [3.63, 3.8) is 0 Å². The Hall–Kier alpha value is -1.15. The molecule has 78 valence electrons. The van der Waals surface area contributed by atoms with Crippen LogP contribution in [0.1, 0.15) is 13.8 Å². The van der Waals surface area contributed by atoms with E-state index in [4.69, 9.17) is 5.11 Å². The second kappa shape index (κ2) is 7.27. The van der Waals surface area contributed by atoms with E-state index < -0.39 is 12.0 Å². The van der Waals surface area contributed by atoms with Crippen molar-refractivity contribution >= 4 is 23.6 Å². The Morgan fingerprint density at radius 3 is 2.64 bits per heavy atom. The van der Waals surface area contributed by atoms with Crippen LogP contribution in [-0.4, -0.2) is 34.5 Å². The first kappa shape index (κ1) is 12.8. The topological polar surface area (TPSA) is 66.4 Å². The Morgan fingerprint density at radius 1 is 1.57 bits per heavy atom. The normalized spacial score (nSPS) is 11.0. The number of carbonyl (C=O) groups is 2. The average molecular weight is 215 g/mol. The zero-order valence-corrected chi connectivity index (χ0v) is 8.98. The fraction of sp³-hybridized carbons (Fsp3) is 0.556. The van der Waals surface area contributed by atoms with E-state index in [1.165, 1.54) is 18.7 Å². The van der Waals surface area contributed by atoms with E-state index in [1.54, 1.807) is 6.92 Å². The van der Waals surface area contributed by atoms with Gasteiger partial charge in [-0.2, -0.15) is 0 Å². The molecule has 0 saturated heterocycles. The predicted octanol–water partition coefficient (Wildman–Crippen LogP) is 0.332. The Morgan fingerprint density at radius 2 is 2.21 bits per heavy atom. The molecule has 14 heavy (non-hydrogen) atoms. The maximum absolute atomic E-state index is 10.6. The van der Waals surface area contributed by atoms with E-state index in [1.807, 2.05) is 0 Å². The number of aliphatic carboxylic acids is 1. The number of hydrogen-bond donors (Lipinski definition) is 2. The molecule has 0 unspecified atom stereocenters. The van der Waals surface area contributed by atoms with Gasteiger partial charge in [-0.3, -0.25) is 4.79 Å². The van der Waals surface area contributed by atoms with E-state index in [-0.39, 0.29) is 5.91 Å². The van der Waals surface area contributed by atoms with Crippen molar-refractivity contribution in [2.24, 2.45) is 0 Å². The summed E-state index contributed by atoms with van der Waals surface area (Å²) in [4.78, 5) is 21.3. The van der Waals surface area contributed by atoms with Gasteiger partial charge >= 0.3 is 5.97 Å². The molecule has 0 aromatic heterocycles. The maximum atomic E-state index is 10.6. The number of amides is 1. The van der Waals surface area contributed by atoms with Crippen LogP contribution in [0.15, 0.2) is 0 Å². The minimum Gasteiger partial charge on any atom is -0.480 e. The number of hydrogen-bond acceptors (Lipinski definition) is 3. The summed E-state index contributed by atoms with van der Waals surface area (Å²) in [5, 5.41) is 11.1. The first-order chi connectivity index (χ1) is 6.57. The van der Waals surface area contributed by atoms with Crippen LogP contribution in [0, 0.1) is 11.8 Å². The Balaban J connectivity index is 3.89. The Kier molecular flexibility index (Phi) is 6.68. The van der Waals surface area contributed by atoms with Gasteiger partial charge in [-0.25, -0.2) is 4.79 Å². The smallest absolute Gasteiger partial charge is 0.327 e. The van der Waals surface area contributed by atoms with Crippen LogP contribution in [0.5, 0.6) is 0 Å². The fourth-order valence-electron chi connectivity index (χ4n) is 0.720. The van der Waals surface area contributed by atoms with Crippen molar-refractivity contribution in [2.45, 2.75) is 19.9 Å². The van der Waals surface area contributed by atoms with Crippen LogP contribution < -0.4 is 5.32 Å². The third kappa shape index (κ3) is 6.38. The third-order valence-electron chi connectivity index (χ3n) is 1.31. The third-order valence-corrected chi connectivity index (χ3v) is 2.23. The van der Waals surface area contributed by atoms with Gasteiger partial charge in [0.05, 0.1) is 5.75 Å². The lowest BCUT2D eigenvalue weighted by Crippen LogP contribution is -2.41. The van der Waals surface area contributed by atoms with E-state index in [0.29, 0.717) is 11.5 Å². The largest absolute Gasteiger partial charge is 0.480 e. The lowest BCUT2D eigenvalue weighted by Gasteiger charge is -2.11. The minimum atomic E-state index is -1.02. The molecule has 5 heteroatoms. The highest BCUT2D eigenvalue weighted by atomic mass is 32.2. The van der Waals surface area contributed by atoms with Crippen LogP contribution in [0.25, 0.3) is 0 Å². The van der Waals surface area contributed by atoms with Gasteiger partial charge in [-0.15, -0.1) is 17.7 Å². The SMILES string of the molecule is CC#CCSC[C@H](NC(C)=O)C(=O)O. The van der Waals surface area contributed by atoms with Crippen molar-refractivity contribution in [3.8, 4) is 11.8 Å². The summed E-state index contributed by atoms with van der Waals surface area (Å²) in [6, 6.07) is -0.823. The van der Waals surface area contributed by atoms with E-state index >= 15 is 0 Å². The zero-order valence-electron chi connectivity index (χ0n) is 8.16. The molecule has 0 spiro atoms. The number of carboxylic acids is 1. The average Bonchev–Trinajstić information content (AvgIpc) is 2.09. The number of carbonyl (C=O) groups excluding carboxylic acids is 1. The maximum Gasteiger partial charge on any atom is 0.327 e. The highest BCUT2D eigenvalue weighted by Crippen LogP contribution is 2.02. The molecular formula is C9H13NO3S. The first-order valence-electron chi connectivity index (χ1n) is 4.05. The lowest BCUT2D eigenvalue weighted by molar-refractivity contribution is -0.140. The monoisotopic (exact) mass is 215 g/mol. The molecule has 4 nitrogen and oxygen atoms in total. The van der Waals surface area contributed by atoms with Crippen molar-refractivity contribution in [1.82, 2.24) is 5.32 Å². The van der Waals surface area contributed by atoms with Gasteiger partial charge in [0.1, 0.15) is 6.04 Å². The molecule has 0 radical (unpaired) electrons. The molecule has 0 bridgehead atoms. The second-order valence-corrected chi connectivity index (χ2v) is 3.56. The lowest BCUT2D eigenvalue weighted by atomic mass is 10.3. The summed E-state index contributed by atoms with van der Waals surface area (Å²) in [6.07, 6.45) is 0. The molecule has 0 aliphatic heterocycles. The minimum absolute atomic E-state index is 0.334. The van der Waals surface area contributed by atoms with Gasteiger partial charge in [0.15, 0.2) is 0 Å². The molecule has 1 atom stereocenters. The molecule has 0 heterocycles. The van der Waals surface area contributed by atoms with Crippen LogP contribution in [0.4, 0.5) is 0 Å². The number of nitrogens with one attached hydrogen (secondary N) is 1. The Labute approximate surface area is 87.4 Å². The highest BCUT2D eigenvalue weighted by molar-refractivity contribution is 7.99. The molecule has 0 saturated carbocycles. The summed E-state index contributed by atoms with van der Waals surface area (Å²) < 4.78 is 0. The summed E-state index contributed by atoms with van der Waals surface area (Å²) in [6.45, 7) is 3.02. The second-order valence-electron chi connectivity index (χ2n) is 2.53. The zero-order chi connectivity index (χ0) is 11.0. The van der Waals surface area contributed by atoms with Gasteiger partial charge in [0, 0.05) is 12.7 Å². The molecular weight excluding hydrogens is 202 g/mol. The van der Waals surface area contributed by atoms with Crippen molar-refractivity contribution in [1.29, 1.82) is 0 Å². The molecule has 0 aromatic carbocycles. The van der Waals surface area contributed by atoms with Crippen LogP contribution >= 0.6 is 11.8 Å². The van der Waals surface area contributed by atoms with E-state index in [9.17, 15) is 9.59 Å². The summed E-state index contributed by atoms with van der Waals surface area (Å²) in [7, 11) is 0. The molecule has 0 fully saturated rings. The molecule has 1 amide bonds. The highest BCUT2D eigenvalue weighted by Gasteiger charge is 2.17. The van der Waals surface area contributed by atoms with Crippen molar-refractivity contribution in [3.05, 3.63) is 0 Å². The van der Waals surface area contributed by atoms with Crippen molar-refractivity contribution in [2.75, 3.05) is 11.5 Å². The molecule has 0 aromatic rings. The fourth-order valence-corrected chi connectivity index (χ4v) is 1.55. The number of rotatable bonds is 5. The summed E-state index contributed by atoms with van der Waals surface area (Å²) in [5.41, 5.74) is 0. The number of thioether (sulfide) groups is 1. The number of carboxylic acid groups (broad SMARTS) is 1.